The van der Waals surface area contributed by atoms with Crippen LogP contribution in [-0.2, 0) is 36.0 Å². The topological polar surface area (TPSA) is 99.9 Å². The molecule has 0 spiro atoms. The van der Waals surface area contributed by atoms with Gasteiger partial charge in [0.2, 0.25) is 0 Å². The Morgan fingerprint density at radius 2 is 0.875 bits per heavy atom. The van der Waals surface area contributed by atoms with E-state index < -0.39 is 23.7 Å². The van der Waals surface area contributed by atoms with E-state index in [0.717, 1.165) is 38.5 Å². The fraction of sp³-hybridized carbons (Fsp3) is 1.00. The Bertz CT molecular complexity index is 413. The second kappa shape index (κ2) is 16.7. The van der Waals surface area contributed by atoms with Crippen molar-refractivity contribution in [1.82, 2.24) is 0 Å². The third-order valence-electron chi connectivity index (χ3n) is 5.98. The fourth-order valence-corrected chi connectivity index (χ4v) is 8.26. The molecule has 0 aromatic carbocycles. The van der Waals surface area contributed by atoms with E-state index in [2.05, 4.69) is 13.8 Å². The molecule has 0 saturated carbocycles. The molecule has 0 rings (SSSR count). The molecule has 194 valence electrons. The van der Waals surface area contributed by atoms with Crippen LogP contribution in [0.3, 0.4) is 0 Å². The van der Waals surface area contributed by atoms with Crippen molar-refractivity contribution in [3.63, 3.8) is 0 Å². The van der Waals surface area contributed by atoms with Crippen LogP contribution in [0.25, 0.3) is 0 Å². The van der Waals surface area contributed by atoms with E-state index in [1.165, 1.54) is 0 Å². The molecule has 0 aromatic rings. The van der Waals surface area contributed by atoms with Crippen molar-refractivity contribution < 1.29 is 36.0 Å². The molecule has 0 aromatic heterocycles. The van der Waals surface area contributed by atoms with E-state index >= 15 is 0 Å². The lowest BCUT2D eigenvalue weighted by atomic mass is 10.1. The molecule has 32 heavy (non-hydrogen) atoms. The predicted molar refractivity (Wildman–Crippen MR) is 129 cm³/mol. The van der Waals surface area contributed by atoms with Gasteiger partial charge in [0, 0.05) is 42.7 Å². The van der Waals surface area contributed by atoms with Gasteiger partial charge >= 0.3 is 17.6 Å². The van der Waals surface area contributed by atoms with Gasteiger partial charge in [0.1, 0.15) is 11.5 Å². The number of hydrogen-bond acceptors (Lipinski definition) is 9. The third kappa shape index (κ3) is 8.69. The molecule has 4 unspecified atom stereocenters. The van der Waals surface area contributed by atoms with E-state index in [9.17, 15) is 0 Å². The largest absolute Gasteiger partial charge is 0.530 e. The second-order valence-corrected chi connectivity index (χ2v) is 14.1. The van der Waals surface area contributed by atoms with Crippen LogP contribution in [0.2, 0.25) is 0 Å². The number of rotatable bonds is 20. The lowest BCUT2D eigenvalue weighted by molar-refractivity contribution is -0.0793. The summed E-state index contributed by atoms with van der Waals surface area (Å²) in [5, 5.41) is 0. The highest BCUT2D eigenvalue weighted by Crippen LogP contribution is 2.26. The Morgan fingerprint density at radius 3 is 1.09 bits per heavy atom. The van der Waals surface area contributed by atoms with Gasteiger partial charge in [-0.2, -0.15) is 0 Å². The molecule has 0 aliphatic carbocycles. The number of nitrogens with two attached hydrogens (primary N) is 1. The molecule has 0 aliphatic rings. The molecule has 11 heteroatoms. The molecular formula is C21H49NO8Si2. The summed E-state index contributed by atoms with van der Waals surface area (Å²) in [4.78, 5) is 0. The van der Waals surface area contributed by atoms with Crippen molar-refractivity contribution in [2.75, 3.05) is 42.7 Å². The van der Waals surface area contributed by atoms with E-state index in [1.54, 1.807) is 42.7 Å². The van der Waals surface area contributed by atoms with Crippen LogP contribution in [0.5, 0.6) is 0 Å². The second-order valence-electron chi connectivity index (χ2n) is 7.95. The number of ether oxygens (including phenoxy) is 2. The normalized spacial score (nSPS) is 17.7. The molecule has 2 N–H and O–H groups in total. The Balaban J connectivity index is 5.48. The minimum atomic E-state index is -3.00. The van der Waals surface area contributed by atoms with Gasteiger partial charge in [-0.15, -0.1) is 0 Å². The highest BCUT2D eigenvalue weighted by molar-refractivity contribution is 6.62. The molecule has 9 nitrogen and oxygen atoms in total. The molecule has 0 amide bonds. The summed E-state index contributed by atoms with van der Waals surface area (Å²) in [6, 6.07) is -0.405. The van der Waals surface area contributed by atoms with E-state index in [-0.39, 0.29) is 23.7 Å². The highest BCUT2D eigenvalue weighted by Gasteiger charge is 2.51. The third-order valence-corrected chi connectivity index (χ3v) is 11.8. The summed E-state index contributed by atoms with van der Waals surface area (Å²) in [5.74, 6) is 0. The Morgan fingerprint density at radius 1 is 0.594 bits per heavy atom. The van der Waals surface area contributed by atoms with E-state index in [0.29, 0.717) is 0 Å². The summed E-state index contributed by atoms with van der Waals surface area (Å²) in [6.07, 6.45) is 4.85. The first-order valence-electron chi connectivity index (χ1n) is 11.6. The summed E-state index contributed by atoms with van der Waals surface area (Å²) in [7, 11) is 3.59. The minimum absolute atomic E-state index is 0.322. The van der Waals surface area contributed by atoms with Crippen LogP contribution >= 0.6 is 0 Å². The van der Waals surface area contributed by atoms with Crippen molar-refractivity contribution >= 4 is 17.6 Å². The Hall–Kier alpha value is 0.0738. The zero-order valence-electron chi connectivity index (χ0n) is 22.0. The van der Waals surface area contributed by atoms with Crippen molar-refractivity contribution in [2.45, 2.75) is 95.9 Å². The summed E-state index contributed by atoms with van der Waals surface area (Å²) in [6.45, 7) is 8.15. The van der Waals surface area contributed by atoms with Gasteiger partial charge in [-0.25, -0.2) is 0 Å². The minimum Gasteiger partial charge on any atom is -0.375 e. The highest BCUT2D eigenvalue weighted by atomic mass is 28.4. The van der Waals surface area contributed by atoms with Gasteiger partial charge < -0.3 is 41.8 Å². The fourth-order valence-electron chi connectivity index (χ4n) is 3.81. The first-order chi connectivity index (χ1) is 15.2. The lowest BCUT2D eigenvalue weighted by Crippen LogP contribution is -2.60. The van der Waals surface area contributed by atoms with E-state index in [1.807, 2.05) is 13.8 Å². The Kier molecular flexibility index (Phi) is 16.7. The number of unbranched alkanes of at least 4 members (excludes halogenated alkanes) is 2. The SMILES string of the molecule is CCCCC(OC(C)C(N)C(C)OC(CCCC)[Si](OC)(OC)OC)[Si](OC)(OC)OC. The average Bonchev–Trinajstić information content (AvgIpc) is 2.82. The summed E-state index contributed by atoms with van der Waals surface area (Å²) >= 11 is 0. The van der Waals surface area contributed by atoms with Crippen molar-refractivity contribution in [1.29, 1.82) is 0 Å². The van der Waals surface area contributed by atoms with Gasteiger partial charge in [-0.05, 0) is 26.7 Å². The first-order valence-corrected chi connectivity index (χ1v) is 15.2. The van der Waals surface area contributed by atoms with Crippen molar-refractivity contribution in [3.05, 3.63) is 0 Å². The molecule has 0 fully saturated rings. The van der Waals surface area contributed by atoms with Crippen LogP contribution in [0.1, 0.15) is 66.2 Å². The van der Waals surface area contributed by atoms with Crippen LogP contribution in [-0.4, -0.2) is 90.0 Å². The van der Waals surface area contributed by atoms with Crippen molar-refractivity contribution in [2.24, 2.45) is 5.73 Å². The molecule has 0 saturated heterocycles. The summed E-state index contributed by atoms with van der Waals surface area (Å²) in [5.41, 5.74) is 5.94. The molecule has 0 heterocycles. The standard InChI is InChI=1S/C21H49NO8Si2/c1-11-13-15-19(31(23-5,24-6)25-7)29-17(3)21(22)18(4)30-20(16-14-12-2)32(26-8,27-9)28-10/h17-21H,11-16,22H2,1-10H3. The van der Waals surface area contributed by atoms with Crippen LogP contribution < -0.4 is 5.73 Å². The maximum atomic E-state index is 6.59. The van der Waals surface area contributed by atoms with Gasteiger partial charge in [-0.1, -0.05) is 39.5 Å². The molecule has 4 atom stereocenters. The van der Waals surface area contributed by atoms with Crippen molar-refractivity contribution in [3.8, 4) is 0 Å². The number of hydrogen-bond donors (Lipinski definition) is 1. The quantitative estimate of drug-likeness (QED) is 0.253. The Labute approximate surface area is 198 Å². The monoisotopic (exact) mass is 499 g/mol. The molecule has 0 radical (unpaired) electrons. The smallest absolute Gasteiger partial charge is 0.375 e. The zero-order valence-corrected chi connectivity index (χ0v) is 24.0. The van der Waals surface area contributed by atoms with Gasteiger partial charge in [-0.3, -0.25) is 0 Å². The first kappa shape index (κ1) is 32.1. The maximum Gasteiger partial charge on any atom is 0.530 e. The predicted octanol–water partition coefficient (Wildman–Crippen LogP) is 3.08. The molecular weight excluding hydrogens is 450 g/mol. The molecule has 0 bridgehead atoms. The van der Waals surface area contributed by atoms with E-state index in [4.69, 9.17) is 41.8 Å². The maximum absolute atomic E-state index is 6.59. The summed E-state index contributed by atoms with van der Waals surface area (Å²) < 4.78 is 46.9. The lowest BCUT2D eigenvalue weighted by Gasteiger charge is -2.38. The van der Waals surface area contributed by atoms with Gasteiger partial charge in [0.15, 0.2) is 0 Å². The van der Waals surface area contributed by atoms with Gasteiger partial charge in [0.05, 0.1) is 18.2 Å². The van der Waals surface area contributed by atoms with Crippen LogP contribution in [0, 0.1) is 0 Å². The van der Waals surface area contributed by atoms with Crippen LogP contribution in [0.15, 0.2) is 0 Å². The zero-order chi connectivity index (χ0) is 24.8. The average molecular weight is 500 g/mol. The van der Waals surface area contributed by atoms with Gasteiger partial charge in [0.25, 0.3) is 0 Å². The van der Waals surface area contributed by atoms with Crippen LogP contribution in [0.4, 0.5) is 0 Å². The molecule has 0 aliphatic heterocycles.